The largest absolute Gasteiger partial charge is 0.447 e. The number of rotatable bonds is 2. The van der Waals surface area contributed by atoms with Gasteiger partial charge in [-0.05, 0) is 24.3 Å². The maximum absolute atomic E-state index is 11.6. The number of nitrogens with zero attached hydrogens (tertiary/aromatic N) is 1. The lowest BCUT2D eigenvalue weighted by atomic mass is 10.2. The second-order valence-corrected chi connectivity index (χ2v) is 4.03. The van der Waals surface area contributed by atoms with Gasteiger partial charge in [-0.15, -0.1) is 0 Å². The zero-order valence-corrected chi connectivity index (χ0v) is 9.09. The van der Waals surface area contributed by atoms with Crippen molar-refractivity contribution in [2.75, 3.05) is 18.1 Å². The molecule has 1 aliphatic heterocycles. The molecule has 2 N–H and O–H groups in total. The number of aromatic amines is 1. The number of aliphatic hydroxyl groups is 1. The zero-order valence-electron chi connectivity index (χ0n) is 9.09. The number of aliphatic hydroxyl groups excluding tert-OH is 1. The van der Waals surface area contributed by atoms with Crippen LogP contribution >= 0.6 is 0 Å². The number of ether oxygens (including phenoxy) is 1. The Labute approximate surface area is 97.6 Å². The Kier molecular flexibility index (Phi) is 2.26. The molecule has 1 saturated heterocycles. The number of carbonyl (C=O) groups is 1. The van der Waals surface area contributed by atoms with E-state index in [0.29, 0.717) is 0 Å². The van der Waals surface area contributed by atoms with E-state index in [9.17, 15) is 9.90 Å². The number of aromatic nitrogens is 1. The summed E-state index contributed by atoms with van der Waals surface area (Å²) in [5.74, 6) is 0. The third-order valence-electron chi connectivity index (χ3n) is 2.99. The first-order chi connectivity index (χ1) is 8.29. The number of H-pyrrole nitrogens is 1. The van der Waals surface area contributed by atoms with Crippen molar-refractivity contribution in [1.82, 2.24) is 4.98 Å². The SMILES string of the molecule is O=C1OC[C@H](CO)N1c1ccc2[nH]ccc2c1. The third kappa shape index (κ3) is 1.55. The molecular formula is C12H12N2O3. The molecule has 1 aromatic heterocycles. The second-order valence-electron chi connectivity index (χ2n) is 4.03. The fraction of sp³-hybridized carbons (Fsp3) is 0.250. The molecule has 0 saturated carbocycles. The van der Waals surface area contributed by atoms with Crippen molar-refractivity contribution in [3.8, 4) is 0 Å². The molecule has 5 nitrogen and oxygen atoms in total. The Morgan fingerprint density at radius 2 is 2.35 bits per heavy atom. The first-order valence-electron chi connectivity index (χ1n) is 5.43. The van der Waals surface area contributed by atoms with Gasteiger partial charge in [-0.1, -0.05) is 0 Å². The minimum absolute atomic E-state index is 0.100. The van der Waals surface area contributed by atoms with E-state index in [1.54, 1.807) is 0 Å². The van der Waals surface area contributed by atoms with Crippen molar-refractivity contribution < 1.29 is 14.6 Å². The summed E-state index contributed by atoms with van der Waals surface area (Å²) in [6.07, 6.45) is 1.44. The van der Waals surface area contributed by atoms with Crippen LogP contribution in [-0.2, 0) is 4.74 Å². The summed E-state index contributed by atoms with van der Waals surface area (Å²) in [4.78, 5) is 16.2. The molecule has 0 aliphatic carbocycles. The highest BCUT2D eigenvalue weighted by atomic mass is 16.6. The molecule has 1 aromatic carbocycles. The number of nitrogens with one attached hydrogen (secondary N) is 1. The lowest BCUT2D eigenvalue weighted by Gasteiger charge is -2.19. The van der Waals surface area contributed by atoms with Crippen LogP contribution in [0.5, 0.6) is 0 Å². The van der Waals surface area contributed by atoms with Crippen LogP contribution in [0.4, 0.5) is 10.5 Å². The van der Waals surface area contributed by atoms with Crippen LogP contribution in [0.25, 0.3) is 10.9 Å². The van der Waals surface area contributed by atoms with Gasteiger partial charge in [0.2, 0.25) is 0 Å². The first kappa shape index (κ1) is 10.2. The van der Waals surface area contributed by atoms with Crippen molar-refractivity contribution in [3.63, 3.8) is 0 Å². The summed E-state index contributed by atoms with van der Waals surface area (Å²) in [5.41, 5.74) is 1.76. The molecule has 2 heterocycles. The van der Waals surface area contributed by atoms with Gasteiger partial charge in [-0.25, -0.2) is 4.79 Å². The molecule has 17 heavy (non-hydrogen) atoms. The van der Waals surface area contributed by atoms with Crippen LogP contribution in [-0.4, -0.2) is 35.4 Å². The number of cyclic esters (lactones) is 1. The van der Waals surface area contributed by atoms with Gasteiger partial charge < -0.3 is 14.8 Å². The Morgan fingerprint density at radius 3 is 3.18 bits per heavy atom. The molecule has 0 spiro atoms. The van der Waals surface area contributed by atoms with E-state index in [1.807, 2.05) is 30.5 Å². The van der Waals surface area contributed by atoms with Crippen LogP contribution in [0.15, 0.2) is 30.5 Å². The van der Waals surface area contributed by atoms with Gasteiger partial charge in [0.05, 0.1) is 12.6 Å². The normalized spacial score (nSPS) is 19.9. The minimum Gasteiger partial charge on any atom is -0.447 e. The summed E-state index contributed by atoms with van der Waals surface area (Å²) in [7, 11) is 0. The summed E-state index contributed by atoms with van der Waals surface area (Å²) >= 11 is 0. The lowest BCUT2D eigenvalue weighted by molar-refractivity contribution is 0.174. The topological polar surface area (TPSA) is 65.6 Å². The van der Waals surface area contributed by atoms with Gasteiger partial charge in [0.1, 0.15) is 6.61 Å². The number of hydrogen-bond donors (Lipinski definition) is 2. The fourth-order valence-electron chi connectivity index (χ4n) is 2.10. The molecule has 88 valence electrons. The van der Waals surface area contributed by atoms with Crippen LogP contribution in [0.3, 0.4) is 0 Å². The van der Waals surface area contributed by atoms with Crippen molar-refractivity contribution in [2.45, 2.75) is 6.04 Å². The first-order valence-corrected chi connectivity index (χ1v) is 5.43. The Balaban J connectivity index is 2.04. The molecule has 2 aromatic rings. The summed E-state index contributed by atoms with van der Waals surface area (Å²) in [6.45, 7) is 0.136. The van der Waals surface area contributed by atoms with E-state index in [0.717, 1.165) is 16.6 Å². The third-order valence-corrected chi connectivity index (χ3v) is 2.99. The average molecular weight is 232 g/mol. The molecule has 3 rings (SSSR count). The van der Waals surface area contributed by atoms with Crippen molar-refractivity contribution in [3.05, 3.63) is 30.5 Å². The fourth-order valence-corrected chi connectivity index (χ4v) is 2.10. The number of anilines is 1. The van der Waals surface area contributed by atoms with Crippen LogP contribution in [0, 0.1) is 0 Å². The smallest absolute Gasteiger partial charge is 0.414 e. The van der Waals surface area contributed by atoms with E-state index in [4.69, 9.17) is 4.74 Å². The molecule has 5 heteroatoms. The highest BCUT2D eigenvalue weighted by Gasteiger charge is 2.33. The lowest BCUT2D eigenvalue weighted by Crippen LogP contribution is -2.35. The molecule has 0 unspecified atom stereocenters. The second kappa shape index (κ2) is 3.78. The highest BCUT2D eigenvalue weighted by molar-refractivity contribution is 5.93. The van der Waals surface area contributed by atoms with Crippen LogP contribution in [0.2, 0.25) is 0 Å². The zero-order chi connectivity index (χ0) is 11.8. The van der Waals surface area contributed by atoms with Crippen molar-refractivity contribution >= 4 is 22.7 Å². The Hall–Kier alpha value is -2.01. The number of hydrogen-bond acceptors (Lipinski definition) is 3. The summed E-state index contributed by atoms with van der Waals surface area (Å²) in [5, 5.41) is 10.2. The molecule has 1 aliphatic rings. The summed E-state index contributed by atoms with van der Waals surface area (Å²) < 4.78 is 4.94. The number of benzene rings is 1. The molecule has 1 amide bonds. The Morgan fingerprint density at radius 1 is 1.47 bits per heavy atom. The predicted molar refractivity (Wildman–Crippen MR) is 63.0 cm³/mol. The van der Waals surface area contributed by atoms with Crippen LogP contribution in [0.1, 0.15) is 0 Å². The summed E-state index contributed by atoms with van der Waals surface area (Å²) in [6, 6.07) is 7.30. The van der Waals surface area contributed by atoms with E-state index in [-0.39, 0.29) is 19.3 Å². The number of fused-ring (bicyclic) bond motifs is 1. The maximum atomic E-state index is 11.6. The standard InChI is InChI=1S/C12H12N2O3/c15-6-10-7-17-12(16)14(10)9-1-2-11-8(5-9)3-4-13-11/h1-5,10,13,15H,6-7H2/t10-/m0/s1. The van der Waals surface area contributed by atoms with Gasteiger partial charge in [-0.3, -0.25) is 4.90 Å². The molecule has 0 radical (unpaired) electrons. The van der Waals surface area contributed by atoms with Gasteiger partial charge in [0.25, 0.3) is 0 Å². The molecule has 1 fully saturated rings. The quantitative estimate of drug-likeness (QED) is 0.824. The number of amides is 1. The molecule has 1 atom stereocenters. The minimum atomic E-state index is -0.404. The molecular weight excluding hydrogens is 220 g/mol. The van der Waals surface area contributed by atoms with Crippen LogP contribution < -0.4 is 4.90 Å². The van der Waals surface area contributed by atoms with Gasteiger partial charge in [-0.2, -0.15) is 0 Å². The average Bonchev–Trinajstić information content (AvgIpc) is 2.93. The monoisotopic (exact) mass is 232 g/mol. The number of carbonyl (C=O) groups excluding carboxylic acids is 1. The predicted octanol–water partition coefficient (Wildman–Crippen LogP) is 1.49. The van der Waals surface area contributed by atoms with E-state index in [2.05, 4.69) is 4.98 Å². The van der Waals surface area contributed by atoms with Gasteiger partial charge in [0.15, 0.2) is 0 Å². The maximum Gasteiger partial charge on any atom is 0.414 e. The van der Waals surface area contributed by atoms with Crippen molar-refractivity contribution in [1.29, 1.82) is 0 Å². The van der Waals surface area contributed by atoms with E-state index in [1.165, 1.54) is 4.90 Å². The van der Waals surface area contributed by atoms with E-state index >= 15 is 0 Å². The van der Waals surface area contributed by atoms with E-state index < -0.39 is 6.09 Å². The van der Waals surface area contributed by atoms with Gasteiger partial charge in [0, 0.05) is 22.8 Å². The highest BCUT2D eigenvalue weighted by Crippen LogP contribution is 2.26. The van der Waals surface area contributed by atoms with Crippen molar-refractivity contribution in [2.24, 2.45) is 0 Å². The molecule has 0 bridgehead atoms. The van der Waals surface area contributed by atoms with Gasteiger partial charge >= 0.3 is 6.09 Å². The Bertz CT molecular complexity index is 564.